The van der Waals surface area contributed by atoms with Gasteiger partial charge in [-0.15, -0.1) is 0 Å². The minimum Gasteiger partial charge on any atom is -0.497 e. The molecular formula is C18H24N4O2. The van der Waals surface area contributed by atoms with Gasteiger partial charge in [-0.1, -0.05) is 12.1 Å². The summed E-state index contributed by atoms with van der Waals surface area (Å²) in [6.45, 7) is 2.36. The lowest BCUT2D eigenvalue weighted by molar-refractivity contribution is -0.134. The van der Waals surface area contributed by atoms with Crippen molar-refractivity contribution in [1.82, 2.24) is 20.0 Å². The summed E-state index contributed by atoms with van der Waals surface area (Å²) in [5, 5.41) is 7.54. The monoisotopic (exact) mass is 328 g/mol. The van der Waals surface area contributed by atoms with Crippen molar-refractivity contribution in [3.63, 3.8) is 0 Å². The highest BCUT2D eigenvalue weighted by Crippen LogP contribution is 2.25. The molecule has 1 fully saturated rings. The van der Waals surface area contributed by atoms with E-state index in [1.54, 1.807) is 13.3 Å². The summed E-state index contributed by atoms with van der Waals surface area (Å²) < 4.78 is 7.04. The minimum absolute atomic E-state index is 0.0729. The van der Waals surface area contributed by atoms with Gasteiger partial charge in [0.05, 0.1) is 13.2 Å². The Balaban J connectivity index is 1.68. The molecule has 1 aliphatic rings. The van der Waals surface area contributed by atoms with Crippen LogP contribution < -0.4 is 10.1 Å². The number of carbonyl (C=O) groups excluding carboxylic acids is 1. The average molecular weight is 328 g/mol. The molecule has 2 aromatic rings. The first-order valence-corrected chi connectivity index (χ1v) is 8.30. The van der Waals surface area contributed by atoms with Crippen LogP contribution in [0.15, 0.2) is 36.5 Å². The normalized spacial score (nSPS) is 17.8. The number of methoxy groups -OCH3 is 1. The Morgan fingerprint density at radius 2 is 2.12 bits per heavy atom. The first kappa shape index (κ1) is 16.5. The zero-order chi connectivity index (χ0) is 16.9. The summed E-state index contributed by atoms with van der Waals surface area (Å²) in [7, 11) is 3.57. The Morgan fingerprint density at radius 3 is 2.79 bits per heavy atom. The number of nitrogens with zero attached hydrogens (tertiary/aromatic N) is 3. The maximum Gasteiger partial charge on any atom is 0.223 e. The number of benzene rings is 1. The van der Waals surface area contributed by atoms with E-state index >= 15 is 0 Å². The SMILES string of the molecule is COc1ccc(C2CNCCN2C(=O)CCc2ccnn2C)cc1. The van der Waals surface area contributed by atoms with E-state index in [0.29, 0.717) is 12.8 Å². The van der Waals surface area contributed by atoms with Gasteiger partial charge in [-0.05, 0) is 30.2 Å². The second-order valence-corrected chi connectivity index (χ2v) is 6.03. The quantitative estimate of drug-likeness (QED) is 0.904. The Labute approximate surface area is 142 Å². The van der Waals surface area contributed by atoms with E-state index < -0.39 is 0 Å². The van der Waals surface area contributed by atoms with Crippen molar-refractivity contribution in [2.75, 3.05) is 26.7 Å². The van der Waals surface area contributed by atoms with Crippen LogP contribution in [0.2, 0.25) is 0 Å². The van der Waals surface area contributed by atoms with Gasteiger partial charge < -0.3 is 15.0 Å². The highest BCUT2D eigenvalue weighted by atomic mass is 16.5. The molecule has 128 valence electrons. The van der Waals surface area contributed by atoms with E-state index in [1.807, 2.05) is 47.0 Å². The molecular weight excluding hydrogens is 304 g/mol. The molecule has 1 saturated heterocycles. The molecule has 6 heteroatoms. The largest absolute Gasteiger partial charge is 0.497 e. The fourth-order valence-electron chi connectivity index (χ4n) is 3.15. The summed E-state index contributed by atoms with van der Waals surface area (Å²) in [6, 6.07) is 10.0. The van der Waals surface area contributed by atoms with Crippen LogP contribution >= 0.6 is 0 Å². The van der Waals surface area contributed by atoms with Crippen LogP contribution in [0.1, 0.15) is 23.7 Å². The first-order valence-electron chi connectivity index (χ1n) is 8.30. The summed E-state index contributed by atoms with van der Waals surface area (Å²) >= 11 is 0. The molecule has 0 bridgehead atoms. The van der Waals surface area contributed by atoms with Crippen LogP contribution in [0, 0.1) is 0 Å². The highest BCUT2D eigenvalue weighted by Gasteiger charge is 2.27. The number of aromatic nitrogens is 2. The van der Waals surface area contributed by atoms with E-state index in [-0.39, 0.29) is 11.9 Å². The lowest BCUT2D eigenvalue weighted by Crippen LogP contribution is -2.48. The Morgan fingerprint density at radius 1 is 1.33 bits per heavy atom. The van der Waals surface area contributed by atoms with Crippen LogP contribution in [0.5, 0.6) is 5.75 Å². The predicted octanol–water partition coefficient (Wildman–Crippen LogP) is 1.53. The number of nitrogens with one attached hydrogen (secondary N) is 1. The molecule has 6 nitrogen and oxygen atoms in total. The molecule has 2 heterocycles. The number of piperazine rings is 1. The summed E-state index contributed by atoms with van der Waals surface area (Å²) in [5.41, 5.74) is 2.22. The summed E-state index contributed by atoms with van der Waals surface area (Å²) in [6.07, 6.45) is 2.99. The third-order valence-electron chi connectivity index (χ3n) is 4.58. The fraction of sp³-hybridized carbons (Fsp3) is 0.444. The maximum absolute atomic E-state index is 12.8. The molecule has 1 unspecified atom stereocenters. The minimum atomic E-state index is 0.0729. The van der Waals surface area contributed by atoms with Crippen molar-refractivity contribution in [2.45, 2.75) is 18.9 Å². The zero-order valence-electron chi connectivity index (χ0n) is 14.2. The van der Waals surface area contributed by atoms with Crippen molar-refractivity contribution >= 4 is 5.91 Å². The third-order valence-corrected chi connectivity index (χ3v) is 4.58. The molecule has 0 aliphatic carbocycles. The summed E-state index contributed by atoms with van der Waals surface area (Å²) in [4.78, 5) is 14.7. The molecule has 0 radical (unpaired) electrons. The van der Waals surface area contributed by atoms with Gasteiger partial charge in [0.1, 0.15) is 5.75 Å². The van der Waals surface area contributed by atoms with E-state index in [9.17, 15) is 4.79 Å². The summed E-state index contributed by atoms with van der Waals surface area (Å²) in [5.74, 6) is 1.02. The van der Waals surface area contributed by atoms with E-state index in [1.165, 1.54) is 0 Å². The van der Waals surface area contributed by atoms with Crippen molar-refractivity contribution < 1.29 is 9.53 Å². The van der Waals surface area contributed by atoms with Gasteiger partial charge in [-0.25, -0.2) is 0 Å². The molecule has 0 spiro atoms. The Hall–Kier alpha value is -2.34. The number of amides is 1. The second kappa shape index (κ2) is 7.49. The molecule has 24 heavy (non-hydrogen) atoms. The van der Waals surface area contributed by atoms with E-state index in [4.69, 9.17) is 4.74 Å². The molecule has 1 atom stereocenters. The predicted molar refractivity (Wildman–Crippen MR) is 91.8 cm³/mol. The van der Waals surface area contributed by atoms with Gasteiger partial charge in [-0.2, -0.15) is 5.10 Å². The standard InChI is InChI=1S/C18H24N4O2/c1-21-15(9-10-20-21)5-8-18(23)22-12-11-19-13-17(22)14-3-6-16(24-2)7-4-14/h3-4,6-7,9-10,17,19H,5,8,11-13H2,1-2H3. The first-order chi connectivity index (χ1) is 11.7. The number of hydrogen-bond acceptors (Lipinski definition) is 4. The maximum atomic E-state index is 12.8. The van der Waals surface area contributed by atoms with Crippen molar-refractivity contribution in [2.24, 2.45) is 7.05 Å². The number of hydrogen-bond donors (Lipinski definition) is 1. The van der Waals surface area contributed by atoms with E-state index in [2.05, 4.69) is 10.4 Å². The number of carbonyl (C=O) groups is 1. The molecule has 1 amide bonds. The Bertz CT molecular complexity index is 681. The van der Waals surface area contributed by atoms with Crippen molar-refractivity contribution in [1.29, 1.82) is 0 Å². The average Bonchev–Trinajstić information content (AvgIpc) is 3.05. The molecule has 1 aliphatic heterocycles. The van der Waals surface area contributed by atoms with E-state index in [0.717, 1.165) is 36.6 Å². The number of rotatable bonds is 5. The second-order valence-electron chi connectivity index (χ2n) is 6.03. The van der Waals surface area contributed by atoms with Gasteiger partial charge >= 0.3 is 0 Å². The lowest BCUT2D eigenvalue weighted by Gasteiger charge is -2.36. The smallest absolute Gasteiger partial charge is 0.223 e. The van der Waals surface area contributed by atoms with Crippen LogP contribution in [0.3, 0.4) is 0 Å². The molecule has 3 rings (SSSR count). The van der Waals surface area contributed by atoms with Gasteiger partial charge in [0, 0.05) is 45.0 Å². The lowest BCUT2D eigenvalue weighted by atomic mass is 10.0. The number of ether oxygens (including phenoxy) is 1. The topological polar surface area (TPSA) is 59.4 Å². The van der Waals surface area contributed by atoms with Crippen LogP contribution in [0.25, 0.3) is 0 Å². The van der Waals surface area contributed by atoms with Crippen LogP contribution in [0.4, 0.5) is 0 Å². The molecule has 1 aromatic carbocycles. The Kier molecular flexibility index (Phi) is 5.15. The molecule has 1 aromatic heterocycles. The highest BCUT2D eigenvalue weighted by molar-refractivity contribution is 5.77. The number of aryl methyl sites for hydroxylation is 2. The van der Waals surface area contributed by atoms with Crippen LogP contribution in [-0.4, -0.2) is 47.3 Å². The molecule has 1 N–H and O–H groups in total. The van der Waals surface area contributed by atoms with Gasteiger partial charge in [-0.3, -0.25) is 9.48 Å². The fourth-order valence-corrected chi connectivity index (χ4v) is 3.15. The van der Waals surface area contributed by atoms with Gasteiger partial charge in [0.15, 0.2) is 0 Å². The third kappa shape index (κ3) is 3.59. The van der Waals surface area contributed by atoms with Crippen molar-refractivity contribution in [3.05, 3.63) is 47.8 Å². The van der Waals surface area contributed by atoms with Crippen molar-refractivity contribution in [3.8, 4) is 5.75 Å². The van der Waals surface area contributed by atoms with Gasteiger partial charge in [0.2, 0.25) is 5.91 Å². The zero-order valence-corrected chi connectivity index (χ0v) is 14.2. The molecule has 0 saturated carbocycles. The van der Waals surface area contributed by atoms with Crippen LogP contribution in [-0.2, 0) is 18.3 Å². The van der Waals surface area contributed by atoms with Gasteiger partial charge in [0.25, 0.3) is 0 Å².